The molecule has 4 nitrogen and oxygen atoms in total. The maximum Gasteiger partial charge on any atom is 0.387 e. The second kappa shape index (κ2) is 8.98. The molecule has 2 N–H and O–H groups in total. The summed E-state index contributed by atoms with van der Waals surface area (Å²) in [4.78, 5) is 11.9. The Bertz CT molecular complexity index is 650. The summed E-state index contributed by atoms with van der Waals surface area (Å²) in [7, 11) is 0. The molecule has 0 heterocycles. The van der Waals surface area contributed by atoms with Crippen LogP contribution in [0.25, 0.3) is 0 Å². The fourth-order valence-electron chi connectivity index (χ4n) is 2.27. The number of aliphatic hydroxyl groups is 1. The van der Waals surface area contributed by atoms with Gasteiger partial charge in [-0.25, -0.2) is 0 Å². The van der Waals surface area contributed by atoms with Crippen molar-refractivity contribution in [3.05, 3.63) is 65.7 Å². The van der Waals surface area contributed by atoms with Gasteiger partial charge in [0.15, 0.2) is 0 Å². The van der Waals surface area contributed by atoms with Crippen molar-refractivity contribution in [3.63, 3.8) is 0 Å². The van der Waals surface area contributed by atoms with Gasteiger partial charge in [0.1, 0.15) is 5.75 Å². The lowest BCUT2D eigenvalue weighted by Crippen LogP contribution is -2.34. The Morgan fingerprint density at radius 3 is 2.50 bits per heavy atom. The van der Waals surface area contributed by atoms with Crippen LogP contribution in [0.5, 0.6) is 5.75 Å². The van der Waals surface area contributed by atoms with Crippen LogP contribution in [0, 0.1) is 0 Å². The number of carbonyl (C=O) groups excluding carboxylic acids is 1. The molecule has 24 heavy (non-hydrogen) atoms. The number of nitrogens with one attached hydrogen (secondary N) is 1. The largest absolute Gasteiger partial charge is 0.435 e. The van der Waals surface area contributed by atoms with Crippen molar-refractivity contribution in [2.24, 2.45) is 0 Å². The molecule has 0 spiro atoms. The van der Waals surface area contributed by atoms with Crippen LogP contribution >= 0.6 is 0 Å². The summed E-state index contributed by atoms with van der Waals surface area (Å²) in [5.74, 6) is -0.282. The van der Waals surface area contributed by atoms with E-state index in [9.17, 15) is 18.7 Å². The SMILES string of the molecule is O=C(Cc1cccc(OC(F)F)c1)NCC(O)Cc1ccccc1. The van der Waals surface area contributed by atoms with Gasteiger partial charge in [-0.15, -0.1) is 0 Å². The number of hydrogen-bond acceptors (Lipinski definition) is 3. The number of halogens is 2. The Kier molecular flexibility index (Phi) is 6.69. The van der Waals surface area contributed by atoms with E-state index in [0.29, 0.717) is 12.0 Å². The van der Waals surface area contributed by atoms with E-state index in [1.54, 1.807) is 12.1 Å². The smallest absolute Gasteiger partial charge is 0.387 e. The van der Waals surface area contributed by atoms with Gasteiger partial charge in [0.25, 0.3) is 0 Å². The lowest BCUT2D eigenvalue weighted by atomic mass is 10.1. The van der Waals surface area contributed by atoms with Gasteiger partial charge < -0.3 is 15.2 Å². The highest BCUT2D eigenvalue weighted by Crippen LogP contribution is 2.16. The molecule has 0 aliphatic rings. The molecule has 2 rings (SSSR count). The highest BCUT2D eigenvalue weighted by molar-refractivity contribution is 5.78. The molecule has 1 unspecified atom stereocenters. The molecule has 1 atom stereocenters. The minimum absolute atomic E-state index is 0.0133. The van der Waals surface area contributed by atoms with E-state index in [1.165, 1.54) is 12.1 Å². The number of hydrogen-bond donors (Lipinski definition) is 2. The zero-order valence-electron chi connectivity index (χ0n) is 13.0. The van der Waals surface area contributed by atoms with Crippen LogP contribution in [-0.4, -0.2) is 30.3 Å². The second-order valence-electron chi connectivity index (χ2n) is 5.35. The van der Waals surface area contributed by atoms with Gasteiger partial charge in [-0.2, -0.15) is 8.78 Å². The molecule has 0 saturated carbocycles. The van der Waals surface area contributed by atoms with Crippen LogP contribution in [0.1, 0.15) is 11.1 Å². The Morgan fingerprint density at radius 1 is 1.08 bits per heavy atom. The minimum Gasteiger partial charge on any atom is -0.435 e. The normalized spacial score (nSPS) is 12.0. The number of ether oxygens (including phenoxy) is 1. The summed E-state index contributed by atoms with van der Waals surface area (Å²) >= 11 is 0. The average molecular weight is 335 g/mol. The predicted octanol–water partition coefficient (Wildman–Crippen LogP) is 2.55. The molecule has 0 radical (unpaired) electrons. The summed E-state index contributed by atoms with van der Waals surface area (Å²) in [5, 5.41) is 12.6. The Labute approximate surface area is 139 Å². The molecule has 0 aromatic heterocycles. The van der Waals surface area contributed by atoms with E-state index in [0.717, 1.165) is 5.56 Å². The molecular formula is C18H19F2NO3. The lowest BCUT2D eigenvalue weighted by molar-refractivity contribution is -0.120. The van der Waals surface area contributed by atoms with E-state index < -0.39 is 12.7 Å². The van der Waals surface area contributed by atoms with Crippen LogP contribution in [0.2, 0.25) is 0 Å². The summed E-state index contributed by atoms with van der Waals surface area (Å²) in [6.07, 6.45) is -0.220. The number of amides is 1. The highest BCUT2D eigenvalue weighted by atomic mass is 19.3. The van der Waals surface area contributed by atoms with Gasteiger partial charge in [-0.05, 0) is 23.3 Å². The molecule has 2 aromatic carbocycles. The summed E-state index contributed by atoms with van der Waals surface area (Å²) in [5.41, 5.74) is 1.54. The third kappa shape index (κ3) is 6.34. The number of benzene rings is 2. The van der Waals surface area contributed by atoms with Crippen molar-refractivity contribution >= 4 is 5.91 Å². The van der Waals surface area contributed by atoms with Gasteiger partial charge in [0.05, 0.1) is 12.5 Å². The van der Waals surface area contributed by atoms with Crippen molar-refractivity contribution in [1.29, 1.82) is 0 Å². The molecule has 0 bridgehead atoms. The quantitative estimate of drug-likeness (QED) is 0.779. The first-order valence-corrected chi connectivity index (χ1v) is 7.55. The van der Waals surface area contributed by atoms with Crippen molar-refractivity contribution in [2.75, 3.05) is 6.54 Å². The average Bonchev–Trinajstić information content (AvgIpc) is 2.53. The Morgan fingerprint density at radius 2 is 1.79 bits per heavy atom. The molecule has 0 aliphatic carbocycles. The number of rotatable bonds is 8. The topological polar surface area (TPSA) is 58.6 Å². The van der Waals surface area contributed by atoms with E-state index in [-0.39, 0.29) is 24.6 Å². The second-order valence-corrected chi connectivity index (χ2v) is 5.35. The van der Waals surface area contributed by atoms with Crippen LogP contribution in [-0.2, 0) is 17.6 Å². The van der Waals surface area contributed by atoms with E-state index in [4.69, 9.17) is 0 Å². The van der Waals surface area contributed by atoms with Gasteiger partial charge in [0.2, 0.25) is 5.91 Å². The minimum atomic E-state index is -2.90. The maximum absolute atomic E-state index is 12.2. The first-order valence-electron chi connectivity index (χ1n) is 7.55. The summed E-state index contributed by atoms with van der Waals surface area (Å²) in [6, 6.07) is 15.5. The van der Waals surface area contributed by atoms with Gasteiger partial charge in [0, 0.05) is 13.0 Å². The third-order valence-corrected chi connectivity index (χ3v) is 3.34. The standard InChI is InChI=1S/C18H19F2NO3/c19-18(20)24-16-8-4-7-14(10-16)11-17(23)21-12-15(22)9-13-5-2-1-3-6-13/h1-8,10,15,18,22H,9,11-12H2,(H,21,23). The Hall–Kier alpha value is -2.47. The van der Waals surface area contributed by atoms with Crippen LogP contribution in [0.15, 0.2) is 54.6 Å². The van der Waals surface area contributed by atoms with Crippen LogP contribution in [0.4, 0.5) is 8.78 Å². The van der Waals surface area contributed by atoms with Crippen LogP contribution in [0.3, 0.4) is 0 Å². The zero-order valence-corrected chi connectivity index (χ0v) is 13.0. The monoisotopic (exact) mass is 335 g/mol. The van der Waals surface area contributed by atoms with Crippen molar-refractivity contribution in [1.82, 2.24) is 5.32 Å². The number of alkyl halides is 2. The highest BCUT2D eigenvalue weighted by Gasteiger charge is 2.10. The molecule has 0 aliphatic heterocycles. The van der Waals surface area contributed by atoms with Crippen molar-refractivity contribution in [3.8, 4) is 5.75 Å². The zero-order chi connectivity index (χ0) is 17.4. The van der Waals surface area contributed by atoms with Crippen LogP contribution < -0.4 is 10.1 Å². The van der Waals surface area contributed by atoms with Crippen molar-refractivity contribution < 1.29 is 23.4 Å². The third-order valence-electron chi connectivity index (χ3n) is 3.34. The fraction of sp³-hybridized carbons (Fsp3) is 0.278. The molecule has 2 aromatic rings. The molecule has 128 valence electrons. The summed E-state index contributed by atoms with van der Waals surface area (Å²) < 4.78 is 28.6. The van der Waals surface area contributed by atoms with E-state index >= 15 is 0 Å². The Balaban J connectivity index is 1.78. The summed E-state index contributed by atoms with van der Waals surface area (Å²) in [6.45, 7) is -2.77. The molecule has 0 saturated heterocycles. The van der Waals surface area contributed by atoms with E-state index in [2.05, 4.69) is 10.1 Å². The van der Waals surface area contributed by atoms with Gasteiger partial charge in [-0.1, -0.05) is 42.5 Å². The molecule has 6 heteroatoms. The lowest BCUT2D eigenvalue weighted by Gasteiger charge is -2.12. The first-order chi connectivity index (χ1) is 11.5. The maximum atomic E-state index is 12.2. The van der Waals surface area contributed by atoms with Gasteiger partial charge in [-0.3, -0.25) is 4.79 Å². The molecular weight excluding hydrogens is 316 g/mol. The molecule has 1 amide bonds. The van der Waals surface area contributed by atoms with E-state index in [1.807, 2.05) is 30.3 Å². The number of carbonyl (C=O) groups is 1. The van der Waals surface area contributed by atoms with Crippen molar-refractivity contribution in [2.45, 2.75) is 25.6 Å². The fourth-order valence-corrected chi connectivity index (χ4v) is 2.27. The molecule has 0 fully saturated rings. The first kappa shape index (κ1) is 17.9. The van der Waals surface area contributed by atoms with Gasteiger partial charge >= 0.3 is 6.61 Å². The predicted molar refractivity (Wildman–Crippen MR) is 85.9 cm³/mol. The number of aliphatic hydroxyl groups excluding tert-OH is 1.